The average Bonchev–Trinajstić information content (AvgIpc) is 2.91. The number of carbonyl (C=O) groups is 2. The average molecular weight is 314 g/mol. The molecule has 0 bridgehead atoms. The molecule has 2 N–H and O–H groups in total. The van der Waals surface area contributed by atoms with Crippen LogP contribution in [0.5, 0.6) is 0 Å². The van der Waals surface area contributed by atoms with Crippen LogP contribution in [-0.2, 0) is 21.4 Å². The number of hydrogen-bond donors (Lipinski definition) is 2. The van der Waals surface area contributed by atoms with E-state index in [4.69, 9.17) is 0 Å². The lowest BCUT2D eigenvalue weighted by atomic mass is 9.82. The fraction of sp³-hybridized carbons (Fsp3) is 0.444. The molecule has 1 atom stereocenters. The third-order valence-electron chi connectivity index (χ3n) is 5.10. The van der Waals surface area contributed by atoms with Gasteiger partial charge in [-0.25, -0.2) is 0 Å². The van der Waals surface area contributed by atoms with Gasteiger partial charge >= 0.3 is 0 Å². The normalized spacial score (nSPS) is 23.1. The number of amides is 2. The molecule has 1 heterocycles. The minimum absolute atomic E-state index is 0.0238. The summed E-state index contributed by atoms with van der Waals surface area (Å²) >= 11 is 0. The predicted molar refractivity (Wildman–Crippen MR) is 86.8 cm³/mol. The summed E-state index contributed by atoms with van der Waals surface area (Å²) in [4.78, 5) is 25.3. The van der Waals surface area contributed by atoms with E-state index in [1.807, 2.05) is 18.2 Å². The molecule has 1 aromatic carbocycles. The van der Waals surface area contributed by atoms with Gasteiger partial charge in [0.25, 0.3) is 0 Å². The maximum Gasteiger partial charge on any atom is 0.246 e. The summed E-state index contributed by atoms with van der Waals surface area (Å²) in [5.74, 6) is -0.341. The zero-order chi connectivity index (χ0) is 16.4. The van der Waals surface area contributed by atoms with Gasteiger partial charge in [-0.15, -0.1) is 0 Å². The number of aliphatic hydroxyl groups excluding tert-OH is 1. The first kappa shape index (κ1) is 15.7. The molecule has 23 heavy (non-hydrogen) atoms. The van der Waals surface area contributed by atoms with Crippen LogP contribution in [0.4, 0.5) is 0 Å². The summed E-state index contributed by atoms with van der Waals surface area (Å²) in [7, 11) is 0. The van der Waals surface area contributed by atoms with Crippen molar-refractivity contribution < 1.29 is 14.7 Å². The Balaban J connectivity index is 1.59. The van der Waals surface area contributed by atoms with Crippen molar-refractivity contribution in [2.24, 2.45) is 5.92 Å². The van der Waals surface area contributed by atoms with E-state index in [0.29, 0.717) is 19.6 Å². The van der Waals surface area contributed by atoms with Crippen molar-refractivity contribution >= 4 is 11.8 Å². The van der Waals surface area contributed by atoms with Gasteiger partial charge in [-0.3, -0.25) is 9.59 Å². The SMILES string of the molecule is C=CC(=O)N1CC(C(=O)NCC2(CO)CCc3ccccc32)C1. The molecule has 5 heteroatoms. The van der Waals surface area contributed by atoms with Gasteiger partial charge in [0.05, 0.1) is 12.5 Å². The zero-order valence-electron chi connectivity index (χ0n) is 13.1. The fourth-order valence-corrected chi connectivity index (χ4v) is 3.52. The monoisotopic (exact) mass is 314 g/mol. The Bertz CT molecular complexity index is 637. The van der Waals surface area contributed by atoms with E-state index in [-0.39, 0.29) is 29.8 Å². The lowest BCUT2D eigenvalue weighted by Crippen LogP contribution is -2.56. The number of nitrogens with zero attached hydrogens (tertiary/aromatic N) is 1. The number of aliphatic hydroxyl groups is 1. The number of likely N-dealkylation sites (tertiary alicyclic amines) is 1. The second kappa shape index (κ2) is 6.16. The van der Waals surface area contributed by atoms with Crippen LogP contribution in [0.3, 0.4) is 0 Å². The zero-order valence-corrected chi connectivity index (χ0v) is 13.1. The van der Waals surface area contributed by atoms with Crippen molar-refractivity contribution in [3.05, 3.63) is 48.0 Å². The Morgan fingerprint density at radius 2 is 2.13 bits per heavy atom. The number of aryl methyl sites for hydroxylation is 1. The van der Waals surface area contributed by atoms with E-state index in [9.17, 15) is 14.7 Å². The lowest BCUT2D eigenvalue weighted by Gasteiger charge is -2.38. The molecule has 0 spiro atoms. The van der Waals surface area contributed by atoms with Gasteiger partial charge in [0.2, 0.25) is 11.8 Å². The first-order chi connectivity index (χ1) is 11.1. The molecule has 2 amide bonds. The minimum Gasteiger partial charge on any atom is -0.395 e. The number of carbonyl (C=O) groups excluding carboxylic acids is 2. The molecule has 2 aliphatic rings. The molecule has 3 rings (SSSR count). The molecule has 1 unspecified atom stereocenters. The topological polar surface area (TPSA) is 69.6 Å². The third-order valence-corrected chi connectivity index (χ3v) is 5.10. The summed E-state index contributed by atoms with van der Waals surface area (Å²) in [6, 6.07) is 8.10. The molecule has 0 aromatic heterocycles. The van der Waals surface area contributed by atoms with Gasteiger partial charge in [0, 0.05) is 25.0 Å². The van der Waals surface area contributed by atoms with E-state index in [1.165, 1.54) is 11.6 Å². The molecule has 1 saturated heterocycles. The molecule has 1 aliphatic carbocycles. The molecule has 5 nitrogen and oxygen atoms in total. The highest BCUT2D eigenvalue weighted by Gasteiger charge is 2.40. The van der Waals surface area contributed by atoms with Crippen molar-refractivity contribution in [2.45, 2.75) is 18.3 Å². The molecule has 0 radical (unpaired) electrons. The molecular weight excluding hydrogens is 292 g/mol. The highest BCUT2D eigenvalue weighted by atomic mass is 16.3. The maximum absolute atomic E-state index is 12.3. The Labute approximate surface area is 136 Å². The van der Waals surface area contributed by atoms with Crippen molar-refractivity contribution in [3.8, 4) is 0 Å². The number of fused-ring (bicyclic) bond motifs is 1. The first-order valence-electron chi connectivity index (χ1n) is 7.98. The second-order valence-electron chi connectivity index (χ2n) is 6.46. The largest absolute Gasteiger partial charge is 0.395 e. The van der Waals surface area contributed by atoms with E-state index < -0.39 is 0 Å². The fourth-order valence-electron chi connectivity index (χ4n) is 3.52. The first-order valence-corrected chi connectivity index (χ1v) is 7.98. The molecule has 1 aliphatic heterocycles. The van der Waals surface area contributed by atoms with E-state index in [1.54, 1.807) is 4.90 Å². The Morgan fingerprint density at radius 3 is 2.83 bits per heavy atom. The standard InChI is InChI=1S/C18H22N2O3/c1-2-16(22)20-9-14(10-20)17(23)19-11-18(12-21)8-7-13-5-3-4-6-15(13)18/h2-6,14,21H,1,7-12H2,(H,19,23). The quantitative estimate of drug-likeness (QED) is 0.783. The Hall–Kier alpha value is -2.14. The number of hydrogen-bond acceptors (Lipinski definition) is 3. The highest BCUT2D eigenvalue weighted by molar-refractivity contribution is 5.90. The summed E-state index contributed by atoms with van der Waals surface area (Å²) in [6.45, 7) is 4.79. The van der Waals surface area contributed by atoms with Gasteiger partial charge in [0.15, 0.2) is 0 Å². The maximum atomic E-state index is 12.3. The van der Waals surface area contributed by atoms with Crippen molar-refractivity contribution in [1.29, 1.82) is 0 Å². The van der Waals surface area contributed by atoms with Crippen LogP contribution in [0.2, 0.25) is 0 Å². The third kappa shape index (κ3) is 2.77. The molecule has 0 saturated carbocycles. The van der Waals surface area contributed by atoms with Crippen LogP contribution in [0.1, 0.15) is 17.5 Å². The number of nitrogens with one attached hydrogen (secondary N) is 1. The van der Waals surface area contributed by atoms with Crippen molar-refractivity contribution in [2.75, 3.05) is 26.2 Å². The lowest BCUT2D eigenvalue weighted by molar-refractivity contribution is -0.139. The van der Waals surface area contributed by atoms with Crippen LogP contribution in [-0.4, -0.2) is 48.1 Å². The minimum atomic E-state index is -0.382. The van der Waals surface area contributed by atoms with Crippen LogP contribution < -0.4 is 5.32 Å². The van der Waals surface area contributed by atoms with Crippen molar-refractivity contribution in [1.82, 2.24) is 10.2 Å². The summed E-state index contributed by atoms with van der Waals surface area (Å²) < 4.78 is 0. The second-order valence-corrected chi connectivity index (χ2v) is 6.46. The summed E-state index contributed by atoms with van der Waals surface area (Å²) in [5.41, 5.74) is 2.01. The molecule has 1 aromatic rings. The van der Waals surface area contributed by atoms with E-state index in [2.05, 4.69) is 18.0 Å². The van der Waals surface area contributed by atoms with Crippen LogP contribution in [0.15, 0.2) is 36.9 Å². The predicted octanol–water partition coefficient (Wildman–Crippen LogP) is 0.623. The van der Waals surface area contributed by atoms with Gasteiger partial charge < -0.3 is 15.3 Å². The van der Waals surface area contributed by atoms with Crippen LogP contribution in [0, 0.1) is 5.92 Å². The Kier molecular flexibility index (Phi) is 4.22. The smallest absolute Gasteiger partial charge is 0.246 e. The number of benzene rings is 1. The van der Waals surface area contributed by atoms with Gasteiger partial charge in [-0.2, -0.15) is 0 Å². The Morgan fingerprint density at radius 1 is 1.39 bits per heavy atom. The molecule has 1 fully saturated rings. The van der Waals surface area contributed by atoms with Gasteiger partial charge in [-0.05, 0) is 30.0 Å². The summed E-state index contributed by atoms with van der Waals surface area (Å²) in [5, 5.41) is 12.9. The van der Waals surface area contributed by atoms with E-state index >= 15 is 0 Å². The highest BCUT2D eigenvalue weighted by Crippen LogP contribution is 2.38. The van der Waals surface area contributed by atoms with Gasteiger partial charge in [0.1, 0.15) is 0 Å². The van der Waals surface area contributed by atoms with Crippen molar-refractivity contribution in [3.63, 3.8) is 0 Å². The van der Waals surface area contributed by atoms with E-state index in [0.717, 1.165) is 18.4 Å². The molecule has 122 valence electrons. The molecular formula is C18H22N2O3. The van der Waals surface area contributed by atoms with Crippen LogP contribution >= 0.6 is 0 Å². The number of rotatable bonds is 5. The van der Waals surface area contributed by atoms with Crippen LogP contribution in [0.25, 0.3) is 0 Å². The summed E-state index contributed by atoms with van der Waals surface area (Å²) in [6.07, 6.45) is 3.04. The van der Waals surface area contributed by atoms with Gasteiger partial charge in [-0.1, -0.05) is 30.8 Å².